The van der Waals surface area contributed by atoms with Gasteiger partial charge in [0, 0.05) is 28.5 Å². The number of thioether (sulfide) groups is 1. The standard InChI is InChI=1S/C27H29N3S.C2HF3O2/c1-20-15-16-25-29-26(27(30(25)19-20)28-18-21-9-4-2-5-10-21)22-11-8-14-24(17-22)31-23-12-6-3-7-13-23;3-2(4,5)1(6)7/h2,4-5,8-11,14-17,19,23,28H,3,6-7,12-13,18H2,1H3;(H,6,7). The molecule has 2 heterocycles. The Morgan fingerprint density at radius 3 is 2.45 bits per heavy atom. The van der Waals surface area contributed by atoms with Gasteiger partial charge in [-0.1, -0.05) is 67.8 Å². The van der Waals surface area contributed by atoms with Gasteiger partial charge in [-0.05, 0) is 49.1 Å². The minimum absolute atomic E-state index is 0.753. The summed E-state index contributed by atoms with van der Waals surface area (Å²) in [5.41, 5.74) is 5.66. The fourth-order valence-electron chi connectivity index (χ4n) is 4.39. The van der Waals surface area contributed by atoms with E-state index >= 15 is 0 Å². The van der Waals surface area contributed by atoms with Crippen LogP contribution in [-0.4, -0.2) is 31.9 Å². The smallest absolute Gasteiger partial charge is 0.475 e. The molecule has 200 valence electrons. The van der Waals surface area contributed by atoms with Gasteiger partial charge in [-0.3, -0.25) is 4.40 Å². The molecule has 0 aliphatic heterocycles. The minimum Gasteiger partial charge on any atom is -0.475 e. The van der Waals surface area contributed by atoms with E-state index in [0.717, 1.165) is 29.0 Å². The van der Waals surface area contributed by atoms with Gasteiger partial charge < -0.3 is 10.4 Å². The van der Waals surface area contributed by atoms with Crippen LogP contribution in [0, 0.1) is 6.92 Å². The molecule has 4 aromatic rings. The third-order valence-corrected chi connectivity index (χ3v) is 7.60. The lowest BCUT2D eigenvalue weighted by atomic mass is 10.0. The number of imidazole rings is 1. The average molecular weight is 542 g/mol. The molecule has 0 saturated heterocycles. The lowest BCUT2D eigenvalue weighted by molar-refractivity contribution is -0.192. The van der Waals surface area contributed by atoms with E-state index < -0.39 is 12.1 Å². The van der Waals surface area contributed by atoms with Crippen molar-refractivity contribution in [3.8, 4) is 11.3 Å². The highest BCUT2D eigenvalue weighted by Crippen LogP contribution is 2.37. The quantitative estimate of drug-likeness (QED) is 0.259. The Morgan fingerprint density at radius 2 is 1.76 bits per heavy atom. The third kappa shape index (κ3) is 7.31. The van der Waals surface area contributed by atoms with Crippen molar-refractivity contribution in [2.45, 2.75) is 61.9 Å². The summed E-state index contributed by atoms with van der Waals surface area (Å²) >= 11 is 2.04. The number of benzene rings is 2. The number of carbonyl (C=O) groups is 1. The van der Waals surface area contributed by atoms with Gasteiger partial charge in [0.25, 0.3) is 0 Å². The van der Waals surface area contributed by atoms with Crippen LogP contribution >= 0.6 is 11.8 Å². The van der Waals surface area contributed by atoms with Gasteiger partial charge in [0.15, 0.2) is 0 Å². The molecular formula is C29H30F3N3O2S. The molecule has 0 atom stereocenters. The molecule has 1 aliphatic carbocycles. The molecule has 0 bridgehead atoms. The molecule has 0 spiro atoms. The van der Waals surface area contributed by atoms with E-state index in [1.165, 1.54) is 53.7 Å². The van der Waals surface area contributed by atoms with Gasteiger partial charge in [0.05, 0.1) is 0 Å². The normalized spacial score (nSPS) is 14.1. The Bertz CT molecular complexity index is 1370. The van der Waals surface area contributed by atoms with Crippen LogP contribution < -0.4 is 5.32 Å². The second-order valence-electron chi connectivity index (χ2n) is 9.29. The van der Waals surface area contributed by atoms with Crippen molar-refractivity contribution in [3.05, 3.63) is 84.1 Å². The number of halogens is 3. The molecule has 2 aromatic carbocycles. The van der Waals surface area contributed by atoms with Crippen LogP contribution in [0.25, 0.3) is 16.9 Å². The average Bonchev–Trinajstić information content (AvgIpc) is 3.26. The monoisotopic (exact) mass is 541 g/mol. The van der Waals surface area contributed by atoms with Crippen LogP contribution in [0.1, 0.15) is 43.2 Å². The summed E-state index contributed by atoms with van der Waals surface area (Å²) < 4.78 is 33.9. The minimum atomic E-state index is -5.08. The number of alkyl halides is 3. The topological polar surface area (TPSA) is 66.6 Å². The van der Waals surface area contributed by atoms with Crippen LogP contribution in [0.2, 0.25) is 0 Å². The first kappa shape index (κ1) is 27.6. The Morgan fingerprint density at radius 1 is 1.05 bits per heavy atom. The molecule has 1 saturated carbocycles. The van der Waals surface area contributed by atoms with E-state index in [-0.39, 0.29) is 0 Å². The van der Waals surface area contributed by atoms with Crippen LogP contribution in [0.5, 0.6) is 0 Å². The summed E-state index contributed by atoms with van der Waals surface area (Å²) in [5.74, 6) is -1.70. The lowest BCUT2D eigenvalue weighted by Gasteiger charge is -2.21. The van der Waals surface area contributed by atoms with E-state index in [1.807, 2.05) is 11.8 Å². The number of hydrogen-bond acceptors (Lipinski definition) is 4. The number of carboxylic acids is 1. The number of rotatable bonds is 6. The molecule has 5 rings (SSSR count). The van der Waals surface area contributed by atoms with Crippen LogP contribution in [0.3, 0.4) is 0 Å². The van der Waals surface area contributed by atoms with Gasteiger partial charge in [-0.25, -0.2) is 9.78 Å². The Hall–Kier alpha value is -3.46. The third-order valence-electron chi connectivity index (χ3n) is 6.27. The van der Waals surface area contributed by atoms with E-state index in [4.69, 9.17) is 14.9 Å². The summed E-state index contributed by atoms with van der Waals surface area (Å²) in [6, 6.07) is 23.7. The molecule has 0 radical (unpaired) electrons. The summed E-state index contributed by atoms with van der Waals surface area (Å²) in [4.78, 5) is 15.3. The molecule has 0 amide bonds. The molecule has 2 N–H and O–H groups in total. The SMILES string of the molecule is Cc1ccc2nc(-c3cccc(SC4CCCCC4)c3)c(NCc3ccccc3)n2c1.O=C(O)C(F)(F)F. The zero-order valence-electron chi connectivity index (χ0n) is 21.0. The second-order valence-corrected chi connectivity index (χ2v) is 10.7. The maximum absolute atomic E-state index is 10.6. The highest BCUT2D eigenvalue weighted by atomic mass is 32.2. The van der Waals surface area contributed by atoms with Crippen molar-refractivity contribution in [2.24, 2.45) is 0 Å². The van der Waals surface area contributed by atoms with Crippen molar-refractivity contribution >= 4 is 29.2 Å². The molecule has 0 unspecified atom stereocenters. The fraction of sp³-hybridized carbons (Fsp3) is 0.310. The highest BCUT2D eigenvalue weighted by molar-refractivity contribution is 8.00. The highest BCUT2D eigenvalue weighted by Gasteiger charge is 2.38. The largest absolute Gasteiger partial charge is 0.490 e. The van der Waals surface area contributed by atoms with Crippen LogP contribution in [0.15, 0.2) is 77.8 Å². The number of carboxylic acid groups (broad SMARTS) is 1. The van der Waals surface area contributed by atoms with Crippen LogP contribution in [-0.2, 0) is 11.3 Å². The molecule has 9 heteroatoms. The van der Waals surface area contributed by atoms with Gasteiger partial charge in [-0.2, -0.15) is 13.2 Å². The summed E-state index contributed by atoms with van der Waals surface area (Å²) in [6.07, 6.45) is 3.90. The predicted molar refractivity (Wildman–Crippen MR) is 146 cm³/mol. The molecule has 1 aliphatic rings. The Labute approximate surface area is 224 Å². The number of aliphatic carboxylic acids is 1. The van der Waals surface area contributed by atoms with Crippen molar-refractivity contribution in [1.82, 2.24) is 9.38 Å². The Kier molecular flexibility index (Phi) is 8.99. The molecule has 5 nitrogen and oxygen atoms in total. The maximum Gasteiger partial charge on any atom is 0.490 e. The number of nitrogens with one attached hydrogen (secondary N) is 1. The molecule has 2 aromatic heterocycles. The van der Waals surface area contributed by atoms with Crippen molar-refractivity contribution in [3.63, 3.8) is 0 Å². The van der Waals surface area contributed by atoms with E-state index in [1.54, 1.807) is 0 Å². The van der Waals surface area contributed by atoms with E-state index in [9.17, 15) is 13.2 Å². The molecular weight excluding hydrogens is 511 g/mol. The van der Waals surface area contributed by atoms with Gasteiger partial charge >= 0.3 is 12.1 Å². The predicted octanol–water partition coefficient (Wildman–Crippen LogP) is 7.98. The van der Waals surface area contributed by atoms with Gasteiger partial charge in [-0.15, -0.1) is 11.8 Å². The van der Waals surface area contributed by atoms with E-state index in [0.29, 0.717) is 0 Å². The lowest BCUT2D eigenvalue weighted by Crippen LogP contribution is -2.21. The number of aryl methyl sites for hydroxylation is 1. The fourth-order valence-corrected chi connectivity index (χ4v) is 5.70. The number of nitrogens with zero attached hydrogens (tertiary/aromatic N) is 2. The number of anilines is 1. The zero-order valence-corrected chi connectivity index (χ0v) is 21.9. The molecule has 38 heavy (non-hydrogen) atoms. The summed E-state index contributed by atoms with van der Waals surface area (Å²) in [6.45, 7) is 2.90. The van der Waals surface area contributed by atoms with Crippen LogP contribution in [0.4, 0.5) is 19.0 Å². The van der Waals surface area contributed by atoms with E-state index in [2.05, 4.69) is 89.6 Å². The van der Waals surface area contributed by atoms with Gasteiger partial charge in [0.1, 0.15) is 17.2 Å². The number of aromatic nitrogens is 2. The van der Waals surface area contributed by atoms with Crippen molar-refractivity contribution in [2.75, 3.05) is 5.32 Å². The first-order valence-corrected chi connectivity index (χ1v) is 13.4. The second kappa shape index (κ2) is 12.4. The molecule has 1 fully saturated rings. The first-order chi connectivity index (χ1) is 18.2. The summed E-state index contributed by atoms with van der Waals surface area (Å²) in [7, 11) is 0. The van der Waals surface area contributed by atoms with Crippen molar-refractivity contribution in [1.29, 1.82) is 0 Å². The number of hydrogen-bond donors (Lipinski definition) is 2. The summed E-state index contributed by atoms with van der Waals surface area (Å²) in [5, 5.41) is 11.6. The maximum atomic E-state index is 10.6. The Balaban J connectivity index is 0.000000426. The number of pyridine rings is 1. The number of fused-ring (bicyclic) bond motifs is 1. The zero-order chi connectivity index (χ0) is 27.1. The first-order valence-electron chi connectivity index (χ1n) is 12.5. The van der Waals surface area contributed by atoms with Gasteiger partial charge in [0.2, 0.25) is 0 Å². The van der Waals surface area contributed by atoms with Crippen molar-refractivity contribution < 1.29 is 23.1 Å².